The van der Waals surface area contributed by atoms with Gasteiger partial charge in [0.15, 0.2) is 0 Å². The molecule has 1 N–H and O–H groups in total. The quantitative estimate of drug-likeness (QED) is 0.708. The Hall–Kier alpha value is -1.64. The van der Waals surface area contributed by atoms with Crippen molar-refractivity contribution in [3.63, 3.8) is 0 Å². The Morgan fingerprint density at radius 2 is 1.90 bits per heavy atom. The van der Waals surface area contributed by atoms with Crippen molar-refractivity contribution >= 4 is 22.1 Å². The molecule has 1 nitrogen and oxygen atoms in total. The number of hydrogen-bond donors (Lipinski definition) is 1. The van der Waals surface area contributed by atoms with Crippen LogP contribution in [0.4, 0.5) is 0 Å². The summed E-state index contributed by atoms with van der Waals surface area (Å²) in [5.41, 5.74) is 2.81. The molecule has 0 aliphatic rings. The summed E-state index contributed by atoms with van der Waals surface area (Å²) in [6, 6.07) is 17.9. The van der Waals surface area contributed by atoms with Gasteiger partial charge in [-0.05, 0) is 51.7 Å². The maximum absolute atomic E-state index is 3.60. The van der Waals surface area contributed by atoms with Gasteiger partial charge in [-0.2, -0.15) is 11.3 Å². The molecule has 1 aromatic heterocycles. The van der Waals surface area contributed by atoms with E-state index in [2.05, 4.69) is 71.5 Å². The minimum atomic E-state index is 0.400. The maximum atomic E-state index is 3.60. The summed E-state index contributed by atoms with van der Waals surface area (Å²) in [7, 11) is 0. The molecule has 0 bridgehead atoms. The minimum Gasteiger partial charge on any atom is -0.310 e. The third-order valence-electron chi connectivity index (χ3n) is 3.70. The fourth-order valence-corrected chi connectivity index (χ4v) is 3.43. The smallest absolute Gasteiger partial charge is 0.0369 e. The van der Waals surface area contributed by atoms with Gasteiger partial charge in [-0.1, -0.05) is 49.4 Å². The summed E-state index contributed by atoms with van der Waals surface area (Å²) in [6.45, 7) is 3.16. The second-order valence-corrected chi connectivity index (χ2v) is 5.79. The van der Waals surface area contributed by atoms with Crippen LogP contribution in [0.15, 0.2) is 59.3 Å². The first kappa shape index (κ1) is 13.3. The maximum Gasteiger partial charge on any atom is 0.0369 e. The summed E-state index contributed by atoms with van der Waals surface area (Å²) in [6.07, 6.45) is 1.03. The van der Waals surface area contributed by atoms with Gasteiger partial charge in [0.1, 0.15) is 0 Å². The fraction of sp³-hybridized carbons (Fsp3) is 0.222. The lowest BCUT2D eigenvalue weighted by Gasteiger charge is -2.18. The van der Waals surface area contributed by atoms with Crippen molar-refractivity contribution < 1.29 is 0 Å². The largest absolute Gasteiger partial charge is 0.310 e. The van der Waals surface area contributed by atoms with Gasteiger partial charge in [0, 0.05) is 6.04 Å². The second-order valence-electron chi connectivity index (χ2n) is 5.01. The molecule has 102 valence electrons. The Balaban J connectivity index is 1.94. The number of thiophene rings is 1. The first-order valence-electron chi connectivity index (χ1n) is 7.10. The van der Waals surface area contributed by atoms with E-state index in [-0.39, 0.29) is 0 Å². The Labute approximate surface area is 124 Å². The van der Waals surface area contributed by atoms with Crippen LogP contribution in [-0.4, -0.2) is 6.54 Å². The number of nitrogens with one attached hydrogen (secondary N) is 1. The van der Waals surface area contributed by atoms with Crippen LogP contribution in [0.25, 0.3) is 10.8 Å². The molecule has 2 heteroatoms. The average Bonchev–Trinajstić information content (AvgIpc) is 3.01. The molecule has 0 aliphatic carbocycles. The molecule has 1 atom stereocenters. The normalized spacial score (nSPS) is 12.7. The first-order chi connectivity index (χ1) is 9.88. The van der Waals surface area contributed by atoms with E-state index in [9.17, 15) is 0 Å². The molecule has 1 unspecified atom stereocenters. The third kappa shape index (κ3) is 2.77. The van der Waals surface area contributed by atoms with Crippen molar-refractivity contribution in [1.29, 1.82) is 0 Å². The Morgan fingerprint density at radius 3 is 2.70 bits per heavy atom. The molecule has 0 fully saturated rings. The zero-order valence-electron chi connectivity index (χ0n) is 11.7. The first-order valence-corrected chi connectivity index (χ1v) is 8.05. The Kier molecular flexibility index (Phi) is 4.14. The predicted molar refractivity (Wildman–Crippen MR) is 88.4 cm³/mol. The van der Waals surface area contributed by atoms with Crippen molar-refractivity contribution in [2.75, 3.05) is 6.54 Å². The topological polar surface area (TPSA) is 12.0 Å². The number of rotatable bonds is 5. The number of benzene rings is 2. The van der Waals surface area contributed by atoms with Crippen molar-refractivity contribution in [2.45, 2.75) is 19.4 Å². The predicted octanol–water partition coefficient (Wildman–Crippen LogP) is 4.79. The molecule has 0 saturated carbocycles. The number of hydrogen-bond acceptors (Lipinski definition) is 2. The molecule has 3 rings (SSSR count). The molecule has 1 heterocycles. The highest BCUT2D eigenvalue weighted by molar-refractivity contribution is 7.07. The van der Waals surface area contributed by atoms with Crippen LogP contribution in [0.5, 0.6) is 0 Å². The van der Waals surface area contributed by atoms with Crippen molar-refractivity contribution in [1.82, 2.24) is 5.32 Å². The molecule has 0 aliphatic heterocycles. The highest BCUT2D eigenvalue weighted by Gasteiger charge is 2.12. The van der Waals surface area contributed by atoms with Gasteiger partial charge in [0.25, 0.3) is 0 Å². The monoisotopic (exact) mass is 281 g/mol. The van der Waals surface area contributed by atoms with Crippen LogP contribution in [-0.2, 0) is 6.42 Å². The van der Waals surface area contributed by atoms with Crippen LogP contribution in [0.1, 0.15) is 24.1 Å². The van der Waals surface area contributed by atoms with Gasteiger partial charge in [-0.25, -0.2) is 0 Å². The molecule has 0 saturated heterocycles. The van der Waals surface area contributed by atoms with Crippen molar-refractivity contribution in [3.8, 4) is 0 Å². The van der Waals surface area contributed by atoms with E-state index < -0.39 is 0 Å². The minimum absolute atomic E-state index is 0.400. The van der Waals surface area contributed by atoms with Gasteiger partial charge in [0.05, 0.1) is 0 Å². The summed E-state index contributed by atoms with van der Waals surface area (Å²) in [4.78, 5) is 0. The summed E-state index contributed by atoms with van der Waals surface area (Å²) >= 11 is 1.77. The van der Waals surface area contributed by atoms with E-state index in [4.69, 9.17) is 0 Å². The molecule has 0 radical (unpaired) electrons. The summed E-state index contributed by atoms with van der Waals surface area (Å²) < 4.78 is 0. The van der Waals surface area contributed by atoms with E-state index in [1.165, 1.54) is 21.9 Å². The van der Waals surface area contributed by atoms with Crippen molar-refractivity contribution in [3.05, 3.63) is 70.4 Å². The highest BCUT2D eigenvalue weighted by atomic mass is 32.1. The fourth-order valence-electron chi connectivity index (χ4n) is 2.72. The zero-order chi connectivity index (χ0) is 13.8. The van der Waals surface area contributed by atoms with E-state index >= 15 is 0 Å². The molecule has 20 heavy (non-hydrogen) atoms. The molecule has 3 aromatic rings. The number of fused-ring (bicyclic) bond motifs is 1. The lowest BCUT2D eigenvalue weighted by molar-refractivity contribution is 0.553. The zero-order valence-corrected chi connectivity index (χ0v) is 12.5. The second kappa shape index (κ2) is 6.21. The molecular formula is C18H19NS. The van der Waals surface area contributed by atoms with Gasteiger partial charge in [-0.3, -0.25) is 0 Å². The molecular weight excluding hydrogens is 262 g/mol. The van der Waals surface area contributed by atoms with Gasteiger partial charge in [0.2, 0.25) is 0 Å². The van der Waals surface area contributed by atoms with E-state index in [1.54, 1.807) is 11.3 Å². The van der Waals surface area contributed by atoms with Crippen LogP contribution in [0, 0.1) is 0 Å². The lowest BCUT2D eigenvalue weighted by atomic mass is 9.96. The van der Waals surface area contributed by atoms with Crippen LogP contribution in [0.2, 0.25) is 0 Å². The molecule has 2 aromatic carbocycles. The third-order valence-corrected chi connectivity index (χ3v) is 4.40. The number of likely N-dealkylation sites (N-methyl/N-ethyl adjacent to an activating group) is 1. The van der Waals surface area contributed by atoms with Gasteiger partial charge < -0.3 is 5.32 Å². The molecule has 0 spiro atoms. The van der Waals surface area contributed by atoms with E-state index in [0.29, 0.717) is 6.04 Å². The summed E-state index contributed by atoms with van der Waals surface area (Å²) in [5, 5.41) is 10.7. The lowest BCUT2D eigenvalue weighted by Crippen LogP contribution is -2.22. The standard InChI is InChI=1S/C18H19NS/c1-2-19-18(16-10-11-20-13-16)12-15-8-5-7-14-6-3-4-9-17(14)15/h3-11,13,18-19H,2,12H2,1H3. The van der Waals surface area contributed by atoms with E-state index in [1.807, 2.05) is 0 Å². The SMILES string of the molecule is CCNC(Cc1cccc2ccccc12)c1ccsc1. The van der Waals surface area contributed by atoms with E-state index in [0.717, 1.165) is 13.0 Å². The average molecular weight is 281 g/mol. The van der Waals surface area contributed by atoms with Crippen LogP contribution >= 0.6 is 11.3 Å². The molecule has 0 amide bonds. The van der Waals surface area contributed by atoms with Crippen LogP contribution < -0.4 is 5.32 Å². The summed E-state index contributed by atoms with van der Waals surface area (Å²) in [5.74, 6) is 0. The van der Waals surface area contributed by atoms with Gasteiger partial charge in [-0.15, -0.1) is 0 Å². The van der Waals surface area contributed by atoms with Gasteiger partial charge >= 0.3 is 0 Å². The Bertz CT molecular complexity index is 667. The Morgan fingerprint density at radius 1 is 1.05 bits per heavy atom. The van der Waals surface area contributed by atoms with Crippen molar-refractivity contribution in [2.24, 2.45) is 0 Å². The van der Waals surface area contributed by atoms with Crippen LogP contribution in [0.3, 0.4) is 0 Å². The highest BCUT2D eigenvalue weighted by Crippen LogP contribution is 2.25.